The zero-order valence-corrected chi connectivity index (χ0v) is 12.0. The summed E-state index contributed by atoms with van der Waals surface area (Å²) in [6.45, 7) is 0. The van der Waals surface area contributed by atoms with Crippen LogP contribution in [0.2, 0.25) is 0 Å². The molecule has 2 aromatic rings. The molecule has 6 nitrogen and oxygen atoms in total. The molecule has 0 aliphatic carbocycles. The molecular weight excluding hydrogens is 294 g/mol. The van der Waals surface area contributed by atoms with Gasteiger partial charge in [-0.3, -0.25) is 4.98 Å². The Morgan fingerprint density at radius 2 is 2.10 bits per heavy atom. The molecule has 0 fully saturated rings. The van der Waals surface area contributed by atoms with Gasteiger partial charge in [0.1, 0.15) is 10.6 Å². The largest absolute Gasteiger partial charge is 0.495 e. The molecule has 0 unspecified atom stereocenters. The van der Waals surface area contributed by atoms with Crippen LogP contribution in [-0.2, 0) is 15.6 Å². The Morgan fingerprint density at radius 1 is 1.33 bits per heavy atom. The first-order chi connectivity index (χ1) is 9.94. The topological polar surface area (TPSA) is 93.6 Å². The number of aromatic carboxylic acids is 1. The van der Waals surface area contributed by atoms with Crippen molar-refractivity contribution in [2.75, 3.05) is 7.11 Å². The highest BCUT2D eigenvalue weighted by Gasteiger charge is 2.22. The van der Waals surface area contributed by atoms with Crippen molar-refractivity contribution in [3.8, 4) is 5.75 Å². The molecule has 1 N–H and O–H groups in total. The molecule has 0 bridgehead atoms. The van der Waals surface area contributed by atoms with Gasteiger partial charge < -0.3 is 9.84 Å². The molecule has 0 aliphatic rings. The molecule has 2 rings (SSSR count). The number of methoxy groups -OCH3 is 1. The van der Waals surface area contributed by atoms with E-state index in [0.29, 0.717) is 5.56 Å². The van der Waals surface area contributed by atoms with Crippen molar-refractivity contribution < 1.29 is 23.1 Å². The summed E-state index contributed by atoms with van der Waals surface area (Å²) in [6, 6.07) is 7.00. The lowest BCUT2D eigenvalue weighted by Crippen LogP contribution is -2.09. The number of carboxylic acids is 1. The minimum absolute atomic E-state index is 0.111. The number of carbonyl (C=O) groups is 1. The molecule has 7 heteroatoms. The normalized spacial score (nSPS) is 11.1. The van der Waals surface area contributed by atoms with Crippen LogP contribution >= 0.6 is 0 Å². The molecular formula is C14H13NO5S. The maximum absolute atomic E-state index is 12.5. The summed E-state index contributed by atoms with van der Waals surface area (Å²) >= 11 is 0. The van der Waals surface area contributed by atoms with Crippen molar-refractivity contribution in [3.05, 3.63) is 53.9 Å². The summed E-state index contributed by atoms with van der Waals surface area (Å²) in [5.74, 6) is -1.36. The third kappa shape index (κ3) is 3.38. The monoisotopic (exact) mass is 307 g/mol. The lowest BCUT2D eigenvalue weighted by atomic mass is 10.2. The Bertz CT molecular complexity index is 756. The minimum atomic E-state index is -3.74. The second kappa shape index (κ2) is 5.92. The number of carboxylic acid groups (broad SMARTS) is 1. The summed E-state index contributed by atoms with van der Waals surface area (Å²) in [6.07, 6.45) is 2.99. The zero-order chi connectivity index (χ0) is 15.5. The molecule has 0 radical (unpaired) electrons. The van der Waals surface area contributed by atoms with E-state index in [1.54, 1.807) is 18.3 Å². The van der Waals surface area contributed by atoms with Crippen LogP contribution in [0.15, 0.2) is 47.6 Å². The highest BCUT2D eigenvalue weighted by Crippen LogP contribution is 2.27. The molecule has 0 atom stereocenters. The van der Waals surface area contributed by atoms with E-state index < -0.39 is 15.8 Å². The van der Waals surface area contributed by atoms with E-state index in [2.05, 4.69) is 4.98 Å². The molecule has 1 aromatic heterocycles. The standard InChI is InChI=1S/C14H13NO5S/c1-20-12-5-4-11(14(16)17)7-13(12)21(18,19)9-10-3-2-6-15-8-10/h2-8H,9H2,1H3,(H,16,17). The third-order valence-corrected chi connectivity index (χ3v) is 4.53. The van der Waals surface area contributed by atoms with Gasteiger partial charge in [-0.2, -0.15) is 0 Å². The van der Waals surface area contributed by atoms with Gasteiger partial charge in [-0.15, -0.1) is 0 Å². The van der Waals surface area contributed by atoms with Crippen molar-refractivity contribution in [2.24, 2.45) is 0 Å². The summed E-state index contributed by atoms with van der Waals surface area (Å²) in [5.41, 5.74) is 0.404. The van der Waals surface area contributed by atoms with Gasteiger partial charge in [0.05, 0.1) is 18.4 Å². The number of benzene rings is 1. The van der Waals surface area contributed by atoms with Crippen molar-refractivity contribution in [2.45, 2.75) is 10.6 Å². The summed E-state index contributed by atoms with van der Waals surface area (Å²) in [7, 11) is -2.41. The highest BCUT2D eigenvalue weighted by molar-refractivity contribution is 7.90. The van der Waals surface area contributed by atoms with E-state index >= 15 is 0 Å². The first-order valence-electron chi connectivity index (χ1n) is 5.97. The van der Waals surface area contributed by atoms with Crippen LogP contribution in [0.5, 0.6) is 5.75 Å². The molecule has 1 heterocycles. The molecule has 110 valence electrons. The van der Waals surface area contributed by atoms with Crippen LogP contribution in [0.4, 0.5) is 0 Å². The Balaban J connectivity index is 2.48. The van der Waals surface area contributed by atoms with E-state index in [4.69, 9.17) is 9.84 Å². The van der Waals surface area contributed by atoms with Crippen LogP contribution in [0.1, 0.15) is 15.9 Å². The van der Waals surface area contributed by atoms with Gasteiger partial charge >= 0.3 is 5.97 Å². The number of sulfone groups is 1. The van der Waals surface area contributed by atoms with Gasteiger partial charge in [-0.25, -0.2) is 13.2 Å². The van der Waals surface area contributed by atoms with Crippen molar-refractivity contribution in [1.29, 1.82) is 0 Å². The number of nitrogens with zero attached hydrogens (tertiary/aromatic N) is 1. The zero-order valence-electron chi connectivity index (χ0n) is 11.2. The molecule has 0 aliphatic heterocycles. The van der Waals surface area contributed by atoms with E-state index in [1.807, 2.05) is 0 Å². The molecule has 0 amide bonds. The van der Waals surface area contributed by atoms with Crippen LogP contribution in [-0.4, -0.2) is 31.6 Å². The van der Waals surface area contributed by atoms with Gasteiger partial charge in [0, 0.05) is 12.4 Å². The van der Waals surface area contributed by atoms with Crippen molar-refractivity contribution in [1.82, 2.24) is 4.98 Å². The van der Waals surface area contributed by atoms with E-state index in [0.717, 1.165) is 6.07 Å². The predicted octanol–water partition coefficient (Wildman–Crippen LogP) is 1.76. The number of pyridine rings is 1. The predicted molar refractivity (Wildman–Crippen MR) is 75.1 cm³/mol. The van der Waals surface area contributed by atoms with Gasteiger partial charge in [0.25, 0.3) is 0 Å². The van der Waals surface area contributed by atoms with Crippen LogP contribution < -0.4 is 4.74 Å². The number of hydrogen-bond donors (Lipinski definition) is 1. The van der Waals surface area contributed by atoms with Gasteiger partial charge in [-0.1, -0.05) is 6.07 Å². The van der Waals surface area contributed by atoms with E-state index in [1.165, 1.54) is 25.4 Å². The first-order valence-corrected chi connectivity index (χ1v) is 7.62. The number of aromatic nitrogens is 1. The van der Waals surface area contributed by atoms with E-state index in [-0.39, 0.29) is 22.0 Å². The van der Waals surface area contributed by atoms with E-state index in [9.17, 15) is 13.2 Å². The molecule has 0 spiro atoms. The lowest BCUT2D eigenvalue weighted by molar-refractivity contribution is 0.0696. The Hall–Kier alpha value is -2.41. The van der Waals surface area contributed by atoms with Gasteiger partial charge in [-0.05, 0) is 29.8 Å². The second-order valence-electron chi connectivity index (χ2n) is 4.29. The summed E-state index contributed by atoms with van der Waals surface area (Å²) in [4.78, 5) is 14.7. The summed E-state index contributed by atoms with van der Waals surface area (Å²) in [5, 5.41) is 8.98. The molecule has 21 heavy (non-hydrogen) atoms. The quantitative estimate of drug-likeness (QED) is 0.904. The molecule has 0 saturated carbocycles. The van der Waals surface area contributed by atoms with Crippen LogP contribution in [0.25, 0.3) is 0 Å². The fourth-order valence-corrected chi connectivity index (χ4v) is 3.36. The van der Waals surface area contributed by atoms with Crippen molar-refractivity contribution in [3.63, 3.8) is 0 Å². The minimum Gasteiger partial charge on any atom is -0.495 e. The Kier molecular flexibility index (Phi) is 4.23. The van der Waals surface area contributed by atoms with Crippen LogP contribution in [0.3, 0.4) is 0 Å². The Morgan fingerprint density at radius 3 is 2.67 bits per heavy atom. The average Bonchev–Trinajstić information content (AvgIpc) is 2.47. The Labute approximate surface area is 121 Å². The smallest absolute Gasteiger partial charge is 0.335 e. The first kappa shape index (κ1) is 15.0. The maximum Gasteiger partial charge on any atom is 0.335 e. The maximum atomic E-state index is 12.5. The molecule has 1 aromatic carbocycles. The fraction of sp³-hybridized carbons (Fsp3) is 0.143. The fourth-order valence-electron chi connectivity index (χ4n) is 1.83. The SMILES string of the molecule is COc1ccc(C(=O)O)cc1S(=O)(=O)Cc1cccnc1. The third-order valence-electron chi connectivity index (χ3n) is 2.83. The molecule has 0 saturated heterocycles. The van der Waals surface area contributed by atoms with Gasteiger partial charge in [0.2, 0.25) is 0 Å². The number of rotatable bonds is 5. The number of ether oxygens (including phenoxy) is 1. The van der Waals surface area contributed by atoms with Crippen molar-refractivity contribution >= 4 is 15.8 Å². The van der Waals surface area contributed by atoms with Crippen LogP contribution in [0, 0.1) is 0 Å². The summed E-state index contributed by atoms with van der Waals surface area (Å²) < 4.78 is 29.9. The average molecular weight is 307 g/mol. The second-order valence-corrected chi connectivity index (χ2v) is 6.25. The number of hydrogen-bond acceptors (Lipinski definition) is 5. The highest BCUT2D eigenvalue weighted by atomic mass is 32.2. The lowest BCUT2D eigenvalue weighted by Gasteiger charge is -2.10. The van der Waals surface area contributed by atoms with Gasteiger partial charge in [0.15, 0.2) is 9.84 Å².